The third-order valence-corrected chi connectivity index (χ3v) is 2.45. The van der Waals surface area contributed by atoms with Crippen molar-refractivity contribution in [1.29, 1.82) is 0 Å². The van der Waals surface area contributed by atoms with E-state index < -0.39 is 12.7 Å². The van der Waals surface area contributed by atoms with Crippen molar-refractivity contribution in [2.45, 2.75) is 13.2 Å². The van der Waals surface area contributed by atoms with Gasteiger partial charge in [-0.2, -0.15) is 8.78 Å². The maximum absolute atomic E-state index is 12.1. The lowest BCUT2D eigenvalue weighted by Crippen LogP contribution is -2.13. The molecule has 118 valence electrons. The summed E-state index contributed by atoms with van der Waals surface area (Å²) in [7, 11) is 0. The van der Waals surface area contributed by atoms with Gasteiger partial charge in [0.2, 0.25) is 5.88 Å². The predicted molar refractivity (Wildman–Crippen MR) is 75.5 cm³/mol. The van der Waals surface area contributed by atoms with Crippen LogP contribution in [0.3, 0.4) is 0 Å². The first kappa shape index (κ1) is 16.2. The molecule has 0 fully saturated rings. The lowest BCUT2D eigenvalue weighted by molar-refractivity contribution is -0.0528. The van der Waals surface area contributed by atoms with Crippen LogP contribution in [0.5, 0.6) is 5.88 Å². The average molecular weight is 319 g/mol. The highest BCUT2D eigenvalue weighted by molar-refractivity contribution is 5.64. The van der Waals surface area contributed by atoms with Crippen LogP contribution in [0.2, 0.25) is 0 Å². The maximum atomic E-state index is 12.1. The number of aromatic nitrogens is 2. The van der Waals surface area contributed by atoms with Crippen molar-refractivity contribution in [1.82, 2.24) is 9.97 Å². The molecule has 2 heterocycles. The van der Waals surface area contributed by atoms with Gasteiger partial charge in [-0.05, 0) is 24.1 Å². The van der Waals surface area contributed by atoms with Gasteiger partial charge in [-0.25, -0.2) is 9.78 Å². The fraction of sp³-hybridized carbons (Fsp3) is 0.133. The number of nitrogens with zero attached hydrogens (tertiary/aromatic N) is 2. The number of ether oxygens (including phenoxy) is 2. The van der Waals surface area contributed by atoms with Crippen LogP contribution in [0.1, 0.15) is 17.0 Å². The lowest BCUT2D eigenvalue weighted by atomic mass is 10.2. The summed E-state index contributed by atoms with van der Waals surface area (Å²) in [5.74, 6) is 5.31. The molecule has 0 radical (unpaired) electrons. The number of alkyl halides is 2. The third kappa shape index (κ3) is 5.59. The molecule has 2 aromatic heterocycles. The molecular formula is C15H11F2N3O3. The Bertz CT molecular complexity index is 757. The summed E-state index contributed by atoms with van der Waals surface area (Å²) in [6, 6.07) is 7.62. The highest BCUT2D eigenvalue weighted by atomic mass is 19.3. The Hall–Kier alpha value is -3.21. The van der Waals surface area contributed by atoms with Crippen molar-refractivity contribution < 1.29 is 23.0 Å². The van der Waals surface area contributed by atoms with Gasteiger partial charge in [0, 0.05) is 17.8 Å². The number of hydrogen-bond donors (Lipinski definition) is 1. The fourth-order valence-corrected chi connectivity index (χ4v) is 1.56. The topological polar surface area (TPSA) is 87.3 Å². The van der Waals surface area contributed by atoms with Crippen molar-refractivity contribution >= 4 is 6.09 Å². The summed E-state index contributed by atoms with van der Waals surface area (Å²) in [6.07, 6.45) is 0.594. The molecule has 8 heteroatoms. The van der Waals surface area contributed by atoms with Crippen LogP contribution in [0.15, 0.2) is 36.5 Å². The summed E-state index contributed by atoms with van der Waals surface area (Å²) in [5, 5.41) is 0. The minimum Gasteiger partial charge on any atom is -0.443 e. The molecule has 0 aliphatic heterocycles. The Morgan fingerprint density at radius 3 is 2.87 bits per heavy atom. The number of carbonyl (C=O) groups is 1. The van der Waals surface area contributed by atoms with E-state index in [4.69, 9.17) is 5.73 Å². The molecule has 2 N–H and O–H groups in total. The van der Waals surface area contributed by atoms with Crippen molar-refractivity contribution in [3.05, 3.63) is 53.5 Å². The van der Waals surface area contributed by atoms with Crippen molar-refractivity contribution in [3.8, 4) is 17.7 Å². The normalized spacial score (nSPS) is 9.87. The molecule has 0 unspecified atom stereocenters. The number of carbonyl (C=O) groups excluding carboxylic acids is 1. The van der Waals surface area contributed by atoms with Crippen molar-refractivity contribution in [2.24, 2.45) is 5.73 Å². The maximum Gasteiger partial charge on any atom is 0.404 e. The third-order valence-electron chi connectivity index (χ3n) is 2.45. The van der Waals surface area contributed by atoms with E-state index in [9.17, 15) is 13.6 Å². The van der Waals surface area contributed by atoms with Gasteiger partial charge in [0.15, 0.2) is 0 Å². The van der Waals surface area contributed by atoms with E-state index in [0.29, 0.717) is 11.3 Å². The molecule has 0 aliphatic carbocycles. The van der Waals surface area contributed by atoms with Gasteiger partial charge in [-0.15, -0.1) is 0 Å². The number of nitrogens with two attached hydrogens (primary N) is 1. The predicted octanol–water partition coefficient (Wildman–Crippen LogP) is 2.07. The molecule has 1 amide bonds. The average Bonchev–Trinajstić information content (AvgIpc) is 2.51. The first-order valence-electron chi connectivity index (χ1n) is 6.34. The summed E-state index contributed by atoms with van der Waals surface area (Å²) in [4.78, 5) is 18.4. The minimum absolute atomic E-state index is 0.0686. The number of primary amides is 1. The SMILES string of the molecule is NC(=O)OCc1cc(C#Cc2cccc(OC(F)F)n2)ccn1. The van der Waals surface area contributed by atoms with Crippen LogP contribution in [0.25, 0.3) is 0 Å². The molecule has 0 bridgehead atoms. The first-order valence-corrected chi connectivity index (χ1v) is 6.34. The molecule has 6 nitrogen and oxygen atoms in total. The molecule has 0 atom stereocenters. The summed E-state index contributed by atoms with van der Waals surface area (Å²) < 4.78 is 33.1. The highest BCUT2D eigenvalue weighted by Gasteiger charge is 2.05. The second kappa shape index (κ2) is 7.70. The Balaban J connectivity index is 2.12. The zero-order valence-electron chi connectivity index (χ0n) is 11.7. The van der Waals surface area contributed by atoms with Gasteiger partial charge in [0.25, 0.3) is 0 Å². The summed E-state index contributed by atoms with van der Waals surface area (Å²) in [5.41, 5.74) is 6.20. The second-order valence-electron chi connectivity index (χ2n) is 4.13. The number of rotatable bonds is 4. The monoisotopic (exact) mass is 319 g/mol. The van der Waals surface area contributed by atoms with E-state index in [1.54, 1.807) is 18.2 Å². The van der Waals surface area contributed by atoms with E-state index in [-0.39, 0.29) is 18.2 Å². The van der Waals surface area contributed by atoms with Crippen LogP contribution in [0.4, 0.5) is 13.6 Å². The molecular weight excluding hydrogens is 308 g/mol. The number of amides is 1. The van der Waals surface area contributed by atoms with E-state index in [1.807, 2.05) is 0 Å². The number of halogens is 2. The van der Waals surface area contributed by atoms with Gasteiger partial charge in [-0.1, -0.05) is 12.0 Å². The molecule has 0 aromatic carbocycles. The van der Waals surface area contributed by atoms with Gasteiger partial charge in [-0.3, -0.25) is 4.98 Å². The molecule has 0 saturated heterocycles. The molecule has 0 spiro atoms. The van der Waals surface area contributed by atoms with E-state index in [1.165, 1.54) is 18.3 Å². The molecule has 2 rings (SSSR count). The molecule has 0 aliphatic rings. The Morgan fingerprint density at radius 1 is 1.30 bits per heavy atom. The van der Waals surface area contributed by atoms with Crippen LogP contribution in [-0.2, 0) is 11.3 Å². The van der Waals surface area contributed by atoms with Gasteiger partial charge in [0.1, 0.15) is 12.3 Å². The zero-order chi connectivity index (χ0) is 16.7. The fourth-order valence-electron chi connectivity index (χ4n) is 1.56. The van der Waals surface area contributed by atoms with E-state index >= 15 is 0 Å². The standard InChI is InChI=1S/C15H11F2N3O3/c16-14(17)23-13-3-1-2-11(20-13)5-4-10-6-7-19-12(8-10)9-22-15(18)21/h1-3,6-8,14H,9H2,(H2,18,21). The first-order chi connectivity index (χ1) is 11.0. The summed E-state index contributed by atoms with van der Waals surface area (Å²) in [6.45, 7) is -3.01. The van der Waals surface area contributed by atoms with Crippen molar-refractivity contribution in [2.75, 3.05) is 0 Å². The Labute approximate surface area is 130 Å². The summed E-state index contributed by atoms with van der Waals surface area (Å²) >= 11 is 0. The highest BCUT2D eigenvalue weighted by Crippen LogP contribution is 2.10. The van der Waals surface area contributed by atoms with E-state index in [0.717, 1.165) is 0 Å². The van der Waals surface area contributed by atoms with Gasteiger partial charge in [0.05, 0.1) is 5.69 Å². The molecule has 0 saturated carbocycles. The van der Waals surface area contributed by atoms with Gasteiger partial charge < -0.3 is 15.2 Å². The Morgan fingerprint density at radius 2 is 2.13 bits per heavy atom. The van der Waals surface area contributed by atoms with Crippen LogP contribution >= 0.6 is 0 Å². The Kier molecular flexibility index (Phi) is 5.41. The largest absolute Gasteiger partial charge is 0.443 e. The molecule has 2 aromatic rings. The second-order valence-corrected chi connectivity index (χ2v) is 4.13. The van der Waals surface area contributed by atoms with Crippen LogP contribution in [-0.4, -0.2) is 22.7 Å². The number of hydrogen-bond acceptors (Lipinski definition) is 5. The van der Waals surface area contributed by atoms with Crippen LogP contribution < -0.4 is 10.5 Å². The number of pyridine rings is 2. The van der Waals surface area contributed by atoms with Crippen molar-refractivity contribution in [3.63, 3.8) is 0 Å². The van der Waals surface area contributed by atoms with Crippen LogP contribution in [0, 0.1) is 11.8 Å². The minimum atomic E-state index is -2.95. The smallest absolute Gasteiger partial charge is 0.404 e. The lowest BCUT2D eigenvalue weighted by Gasteiger charge is -2.02. The van der Waals surface area contributed by atoms with Gasteiger partial charge >= 0.3 is 12.7 Å². The quantitative estimate of drug-likeness (QED) is 0.872. The van der Waals surface area contributed by atoms with E-state index in [2.05, 4.69) is 31.3 Å². The molecule has 23 heavy (non-hydrogen) atoms. The zero-order valence-corrected chi connectivity index (χ0v) is 11.7.